The smallest absolute Gasteiger partial charge is 0.230 e. The lowest BCUT2D eigenvalue weighted by atomic mass is 9.96. The van der Waals surface area contributed by atoms with E-state index in [4.69, 9.17) is 11.6 Å². The molecule has 0 fully saturated rings. The van der Waals surface area contributed by atoms with Crippen molar-refractivity contribution in [3.63, 3.8) is 0 Å². The number of halogens is 1. The van der Waals surface area contributed by atoms with E-state index in [9.17, 15) is 9.35 Å². The van der Waals surface area contributed by atoms with Gasteiger partial charge in [-0.25, -0.2) is 0 Å². The number of carbonyl (C=O) groups excluding carboxylic acids is 1. The summed E-state index contributed by atoms with van der Waals surface area (Å²) in [5, 5.41) is 10.7. The molecule has 0 unspecified atom stereocenters. The monoisotopic (exact) mass is 360 g/mol. The molecule has 0 saturated heterocycles. The maximum Gasteiger partial charge on any atom is 0.230 e. The number of hydrogen-bond donors (Lipinski definition) is 2. The minimum atomic E-state index is -1.25. The van der Waals surface area contributed by atoms with Crippen molar-refractivity contribution in [3.05, 3.63) is 16.8 Å². The molecule has 0 radical (unpaired) electrons. The molecule has 1 rings (SSSR count). The largest absolute Gasteiger partial charge is 0.598 e. The summed E-state index contributed by atoms with van der Waals surface area (Å²) >= 11 is 4.84. The van der Waals surface area contributed by atoms with E-state index < -0.39 is 21.5 Å². The van der Waals surface area contributed by atoms with Crippen molar-refractivity contribution in [2.24, 2.45) is 5.41 Å². The Balaban J connectivity index is 2.95. The van der Waals surface area contributed by atoms with Gasteiger partial charge in [-0.1, -0.05) is 32.4 Å². The molecule has 0 saturated carbocycles. The zero-order valence-electron chi connectivity index (χ0n) is 14.7. The molecular weight excluding hydrogens is 336 g/mol. The van der Waals surface area contributed by atoms with Gasteiger partial charge in [0, 0.05) is 22.3 Å². The first-order valence-corrected chi connectivity index (χ1v) is 8.88. The quantitative estimate of drug-likeness (QED) is 0.804. The second kappa shape index (κ2) is 7.34. The average molecular weight is 361 g/mol. The van der Waals surface area contributed by atoms with Gasteiger partial charge < -0.3 is 9.87 Å². The summed E-state index contributed by atoms with van der Waals surface area (Å²) in [5.41, 5.74) is 0.0856. The Morgan fingerprint density at radius 3 is 2.30 bits per heavy atom. The number of carbonyl (C=O) groups is 1. The lowest BCUT2D eigenvalue weighted by molar-refractivity contribution is -0.123. The fraction of sp³-hybridized carbons (Fsp3) is 0.667. The predicted molar refractivity (Wildman–Crippen MR) is 94.6 cm³/mol. The van der Waals surface area contributed by atoms with Crippen molar-refractivity contribution < 1.29 is 9.35 Å². The van der Waals surface area contributed by atoms with Crippen LogP contribution < -0.4 is 10.0 Å². The Morgan fingerprint density at radius 2 is 1.83 bits per heavy atom. The number of nitrogens with zero attached hydrogens (tertiary/aromatic N) is 2. The van der Waals surface area contributed by atoms with Crippen LogP contribution >= 0.6 is 11.6 Å². The second-order valence-electron chi connectivity index (χ2n) is 7.40. The summed E-state index contributed by atoms with van der Waals surface area (Å²) in [5.74, 6) is 0.151. The molecule has 1 aromatic rings. The number of aromatic nitrogens is 2. The molecule has 0 spiro atoms. The Kier molecular flexibility index (Phi) is 6.43. The van der Waals surface area contributed by atoms with Gasteiger partial charge in [-0.05, 0) is 33.8 Å². The van der Waals surface area contributed by atoms with Crippen molar-refractivity contribution in [3.8, 4) is 0 Å². The van der Waals surface area contributed by atoms with E-state index in [1.807, 2.05) is 48.5 Å². The Bertz CT molecular complexity index is 570. The number of hydrogen-bond acceptors (Lipinski definition) is 5. The van der Waals surface area contributed by atoms with Gasteiger partial charge in [0.1, 0.15) is 4.75 Å². The first kappa shape index (κ1) is 20.2. The van der Waals surface area contributed by atoms with E-state index in [1.165, 1.54) is 0 Å². The average Bonchev–Trinajstić information content (AvgIpc) is 2.38. The number of nitrogens with one attached hydrogen (secondary N) is 2. The Labute approximate surface area is 146 Å². The molecule has 8 heteroatoms. The van der Waals surface area contributed by atoms with Crippen LogP contribution in [0.4, 0.5) is 5.82 Å². The highest BCUT2D eigenvalue weighted by Gasteiger charge is 2.29. The maximum atomic E-state index is 12.2. The molecule has 1 aromatic heterocycles. The molecule has 130 valence electrons. The summed E-state index contributed by atoms with van der Waals surface area (Å²) < 4.78 is 14.8. The second-order valence-corrected chi connectivity index (χ2v) is 9.76. The molecular formula is C15H25ClN4O2S. The highest BCUT2D eigenvalue weighted by molar-refractivity contribution is 7.90. The Morgan fingerprint density at radius 1 is 1.26 bits per heavy atom. The Hall–Kier alpha value is -0.890. The van der Waals surface area contributed by atoms with Crippen molar-refractivity contribution in [2.45, 2.75) is 59.3 Å². The van der Waals surface area contributed by atoms with Gasteiger partial charge in [-0.2, -0.15) is 0 Å². The van der Waals surface area contributed by atoms with Crippen LogP contribution in [-0.2, 0) is 16.2 Å². The van der Waals surface area contributed by atoms with E-state index in [1.54, 1.807) is 6.07 Å². The summed E-state index contributed by atoms with van der Waals surface area (Å²) in [6.07, 6.45) is 0. The van der Waals surface area contributed by atoms with Crippen LogP contribution in [0, 0.1) is 5.41 Å². The van der Waals surface area contributed by atoms with E-state index in [0.29, 0.717) is 11.4 Å². The van der Waals surface area contributed by atoms with Crippen LogP contribution in [0.2, 0.25) is 5.15 Å². The maximum absolute atomic E-state index is 12.2. The lowest BCUT2D eigenvalue weighted by Crippen LogP contribution is -2.40. The molecule has 6 nitrogen and oxygen atoms in total. The molecule has 0 aliphatic heterocycles. The SMILES string of the molecule is C[C@@H](N[S@@+]([O-])C(C)(C)C)c1cc(NC(=O)C(C)(C)C)nnc1Cl. The zero-order valence-corrected chi connectivity index (χ0v) is 16.2. The number of anilines is 1. The van der Waals surface area contributed by atoms with Gasteiger partial charge in [0.05, 0.1) is 6.04 Å². The summed E-state index contributed by atoms with van der Waals surface area (Å²) in [6.45, 7) is 12.9. The van der Waals surface area contributed by atoms with Crippen molar-refractivity contribution >= 4 is 34.7 Å². The third kappa shape index (κ3) is 5.91. The van der Waals surface area contributed by atoms with Crippen molar-refractivity contribution in [1.29, 1.82) is 0 Å². The first-order chi connectivity index (χ1) is 10.3. The van der Waals surface area contributed by atoms with Gasteiger partial charge in [0.2, 0.25) is 5.91 Å². The van der Waals surface area contributed by atoms with Gasteiger partial charge in [-0.3, -0.25) is 4.79 Å². The number of amides is 1. The first-order valence-electron chi connectivity index (χ1n) is 7.35. The minimum Gasteiger partial charge on any atom is -0.598 e. The van der Waals surface area contributed by atoms with Crippen molar-refractivity contribution in [2.75, 3.05) is 5.32 Å². The van der Waals surface area contributed by atoms with Crippen LogP contribution in [0.15, 0.2) is 6.07 Å². The molecule has 23 heavy (non-hydrogen) atoms. The van der Waals surface area contributed by atoms with Crippen LogP contribution in [0.1, 0.15) is 60.1 Å². The molecule has 1 heterocycles. The van der Waals surface area contributed by atoms with E-state index in [2.05, 4.69) is 20.2 Å². The lowest BCUT2D eigenvalue weighted by Gasteiger charge is -2.26. The van der Waals surface area contributed by atoms with Crippen LogP contribution in [0.25, 0.3) is 0 Å². The predicted octanol–water partition coefficient (Wildman–Crippen LogP) is 3.23. The van der Waals surface area contributed by atoms with Crippen LogP contribution in [0.5, 0.6) is 0 Å². The highest BCUT2D eigenvalue weighted by atomic mass is 35.5. The molecule has 0 aliphatic carbocycles. The van der Waals surface area contributed by atoms with E-state index >= 15 is 0 Å². The standard InChI is InChI=1S/C15H25ClN4O2S/c1-9(20-23(22)15(5,6)7)10-8-11(18-19-12(10)16)17-13(21)14(2,3)4/h8-9,20H,1-7H3,(H,17,18,21)/t9-,23+/m1/s1. The van der Waals surface area contributed by atoms with Gasteiger partial charge in [0.15, 0.2) is 11.0 Å². The zero-order chi connectivity index (χ0) is 18.0. The summed E-state index contributed by atoms with van der Waals surface area (Å²) in [4.78, 5) is 12.0. The third-order valence-electron chi connectivity index (χ3n) is 3.01. The molecule has 2 atom stereocenters. The van der Waals surface area contributed by atoms with Gasteiger partial charge >= 0.3 is 0 Å². The van der Waals surface area contributed by atoms with Crippen LogP contribution in [0.3, 0.4) is 0 Å². The molecule has 2 N–H and O–H groups in total. The highest BCUT2D eigenvalue weighted by Crippen LogP contribution is 2.26. The molecule has 0 bridgehead atoms. The fourth-order valence-corrected chi connectivity index (χ4v) is 2.52. The number of rotatable bonds is 4. The van der Waals surface area contributed by atoms with Gasteiger partial charge in [0.25, 0.3) is 0 Å². The molecule has 0 aromatic carbocycles. The molecule has 1 amide bonds. The summed E-state index contributed by atoms with van der Waals surface area (Å²) in [7, 11) is 0. The minimum absolute atomic E-state index is 0.168. The third-order valence-corrected chi connectivity index (χ3v) is 4.98. The van der Waals surface area contributed by atoms with Crippen molar-refractivity contribution in [1.82, 2.24) is 14.9 Å². The molecule has 0 aliphatic rings. The van der Waals surface area contributed by atoms with Crippen LogP contribution in [-0.4, -0.2) is 25.4 Å². The van der Waals surface area contributed by atoms with E-state index in [0.717, 1.165) is 0 Å². The van der Waals surface area contributed by atoms with E-state index in [-0.39, 0.29) is 17.1 Å². The summed E-state index contributed by atoms with van der Waals surface area (Å²) in [6, 6.07) is 1.35. The topological polar surface area (TPSA) is 90.0 Å². The fourth-order valence-electron chi connectivity index (χ4n) is 1.46. The van der Waals surface area contributed by atoms with Gasteiger partial charge in [-0.15, -0.1) is 14.9 Å². The normalized spacial score (nSPS) is 15.2.